The second-order valence-electron chi connectivity index (χ2n) is 5.54. The molecular weight excluding hydrogens is 356 g/mol. The van der Waals surface area contributed by atoms with Gasteiger partial charge in [-0.1, -0.05) is 23.7 Å². The fourth-order valence-corrected chi connectivity index (χ4v) is 2.54. The Hall–Kier alpha value is -3.12. The maximum atomic E-state index is 11.8. The van der Waals surface area contributed by atoms with Gasteiger partial charge in [-0.05, 0) is 42.3 Å². The molecule has 1 aromatic heterocycles. The lowest BCUT2D eigenvalue weighted by molar-refractivity contribution is -0.123. The van der Waals surface area contributed by atoms with Crippen LogP contribution in [-0.2, 0) is 4.79 Å². The van der Waals surface area contributed by atoms with Crippen LogP contribution in [-0.4, -0.2) is 18.7 Å². The predicted molar refractivity (Wildman–Crippen MR) is 99.9 cm³/mol. The minimum Gasteiger partial charge on any atom is -0.484 e. The number of ether oxygens (including phenoxy) is 1. The Labute approximate surface area is 154 Å². The van der Waals surface area contributed by atoms with Gasteiger partial charge in [-0.2, -0.15) is 5.10 Å². The Bertz CT molecular complexity index is 1040. The first-order valence-corrected chi connectivity index (χ1v) is 8.14. The largest absolute Gasteiger partial charge is 0.484 e. The molecule has 26 heavy (non-hydrogen) atoms. The molecule has 0 aliphatic rings. The third-order valence-electron chi connectivity index (χ3n) is 3.54. The number of amides is 1. The fourth-order valence-electron chi connectivity index (χ4n) is 2.34. The van der Waals surface area contributed by atoms with Crippen LogP contribution in [0.4, 0.5) is 0 Å². The Kier molecular flexibility index (Phi) is 5.34. The first-order valence-electron chi connectivity index (χ1n) is 7.76. The van der Waals surface area contributed by atoms with E-state index in [0.29, 0.717) is 16.4 Å². The van der Waals surface area contributed by atoms with Crippen LogP contribution in [0.3, 0.4) is 0 Å². The van der Waals surface area contributed by atoms with Crippen molar-refractivity contribution >= 4 is 34.7 Å². The van der Waals surface area contributed by atoms with Crippen molar-refractivity contribution < 1.29 is 13.9 Å². The van der Waals surface area contributed by atoms with Crippen LogP contribution in [0.2, 0.25) is 5.02 Å². The number of nitrogens with one attached hydrogen (secondary N) is 1. The van der Waals surface area contributed by atoms with Crippen LogP contribution >= 0.6 is 11.6 Å². The van der Waals surface area contributed by atoms with Gasteiger partial charge in [0.1, 0.15) is 11.3 Å². The second kappa shape index (κ2) is 7.84. The lowest BCUT2D eigenvalue weighted by atomic mass is 10.1. The van der Waals surface area contributed by atoms with Crippen LogP contribution in [0, 0.1) is 6.92 Å². The monoisotopic (exact) mass is 370 g/mol. The summed E-state index contributed by atoms with van der Waals surface area (Å²) in [6.07, 6.45) is 1.48. The van der Waals surface area contributed by atoms with Gasteiger partial charge >= 0.3 is 5.63 Å². The summed E-state index contributed by atoms with van der Waals surface area (Å²) in [4.78, 5) is 23.2. The van der Waals surface area contributed by atoms with Crippen molar-refractivity contribution in [3.63, 3.8) is 0 Å². The van der Waals surface area contributed by atoms with E-state index in [1.165, 1.54) is 12.3 Å². The molecule has 1 amide bonds. The summed E-state index contributed by atoms with van der Waals surface area (Å²) in [5, 5.41) is 5.24. The van der Waals surface area contributed by atoms with E-state index in [1.54, 1.807) is 36.4 Å². The molecule has 0 spiro atoms. The van der Waals surface area contributed by atoms with Gasteiger partial charge in [0.15, 0.2) is 6.61 Å². The summed E-state index contributed by atoms with van der Waals surface area (Å²) in [7, 11) is 0. The van der Waals surface area contributed by atoms with Crippen LogP contribution in [0.15, 0.2) is 62.8 Å². The van der Waals surface area contributed by atoms with Gasteiger partial charge in [0.25, 0.3) is 5.91 Å². The summed E-state index contributed by atoms with van der Waals surface area (Å²) in [5.41, 5.74) is 3.92. The maximum Gasteiger partial charge on any atom is 0.336 e. The first kappa shape index (κ1) is 17.7. The summed E-state index contributed by atoms with van der Waals surface area (Å²) in [5.74, 6) is -0.00529. The Balaban J connectivity index is 1.59. The molecule has 3 rings (SSSR count). The van der Waals surface area contributed by atoms with Gasteiger partial charge in [0, 0.05) is 22.5 Å². The fraction of sp³-hybridized carbons (Fsp3) is 0.105. The molecule has 0 bridgehead atoms. The molecule has 132 valence electrons. The quantitative estimate of drug-likeness (QED) is 0.424. The van der Waals surface area contributed by atoms with E-state index in [2.05, 4.69) is 10.5 Å². The Morgan fingerprint density at radius 1 is 1.27 bits per heavy atom. The van der Waals surface area contributed by atoms with Crippen molar-refractivity contribution in [2.24, 2.45) is 5.10 Å². The van der Waals surface area contributed by atoms with Crippen LogP contribution in [0.25, 0.3) is 11.0 Å². The van der Waals surface area contributed by atoms with E-state index < -0.39 is 11.5 Å². The number of carbonyl (C=O) groups is 1. The number of rotatable bonds is 5. The minimum absolute atomic E-state index is 0.228. The SMILES string of the molecule is Cc1cc(=O)oc2cc(OCC(=O)N/N=C\c3cccc(Cl)c3)ccc12. The molecule has 0 unspecified atom stereocenters. The highest BCUT2D eigenvalue weighted by atomic mass is 35.5. The topological polar surface area (TPSA) is 80.9 Å². The molecule has 0 radical (unpaired) electrons. The molecule has 0 aliphatic carbocycles. The number of fused-ring (bicyclic) bond motifs is 1. The van der Waals surface area contributed by atoms with Crippen molar-refractivity contribution in [1.29, 1.82) is 0 Å². The molecule has 7 heteroatoms. The Morgan fingerprint density at radius 3 is 2.92 bits per heavy atom. The molecular formula is C19H15ClN2O4. The lowest BCUT2D eigenvalue weighted by Crippen LogP contribution is -2.24. The van der Waals surface area contributed by atoms with Gasteiger partial charge in [-0.15, -0.1) is 0 Å². The molecule has 6 nitrogen and oxygen atoms in total. The number of hydrazone groups is 1. The van der Waals surface area contributed by atoms with Gasteiger partial charge in [-0.25, -0.2) is 10.2 Å². The van der Waals surface area contributed by atoms with Crippen molar-refractivity contribution in [2.45, 2.75) is 6.92 Å². The van der Waals surface area contributed by atoms with Crippen LogP contribution in [0.1, 0.15) is 11.1 Å². The molecule has 0 saturated carbocycles. The van der Waals surface area contributed by atoms with Crippen LogP contribution < -0.4 is 15.8 Å². The number of carbonyl (C=O) groups excluding carboxylic acids is 1. The average molecular weight is 371 g/mol. The van der Waals surface area contributed by atoms with E-state index in [4.69, 9.17) is 20.8 Å². The molecule has 0 saturated heterocycles. The van der Waals surface area contributed by atoms with E-state index in [1.807, 2.05) is 13.0 Å². The van der Waals surface area contributed by atoms with E-state index in [-0.39, 0.29) is 6.61 Å². The van der Waals surface area contributed by atoms with Gasteiger partial charge in [-0.3, -0.25) is 4.79 Å². The summed E-state index contributed by atoms with van der Waals surface area (Å²) < 4.78 is 10.6. The van der Waals surface area contributed by atoms with Gasteiger partial charge < -0.3 is 9.15 Å². The first-order chi connectivity index (χ1) is 12.5. The molecule has 1 N–H and O–H groups in total. The minimum atomic E-state index is -0.430. The molecule has 2 aromatic carbocycles. The molecule has 0 atom stereocenters. The highest BCUT2D eigenvalue weighted by molar-refractivity contribution is 6.30. The highest BCUT2D eigenvalue weighted by Gasteiger charge is 2.06. The standard InChI is InChI=1S/C19H15ClN2O4/c1-12-7-19(24)26-17-9-15(5-6-16(12)17)25-11-18(23)22-21-10-13-3-2-4-14(20)8-13/h2-10H,11H2,1H3,(H,22,23)/b21-10-. The van der Waals surface area contributed by atoms with Crippen molar-refractivity contribution in [3.05, 3.63) is 75.1 Å². The third kappa shape index (κ3) is 4.49. The normalized spacial score (nSPS) is 11.0. The second-order valence-corrected chi connectivity index (χ2v) is 5.98. The number of aryl methyl sites for hydroxylation is 1. The summed E-state index contributed by atoms with van der Waals surface area (Å²) in [6, 6.07) is 13.5. The van der Waals surface area contributed by atoms with E-state index in [0.717, 1.165) is 16.5 Å². The number of hydrogen-bond acceptors (Lipinski definition) is 5. The van der Waals surface area contributed by atoms with Gasteiger partial charge in [0.2, 0.25) is 0 Å². The third-order valence-corrected chi connectivity index (χ3v) is 3.78. The van der Waals surface area contributed by atoms with Crippen LogP contribution in [0.5, 0.6) is 5.75 Å². The zero-order valence-electron chi connectivity index (χ0n) is 13.9. The zero-order valence-corrected chi connectivity index (χ0v) is 14.6. The van der Waals surface area contributed by atoms with E-state index >= 15 is 0 Å². The number of nitrogens with zero attached hydrogens (tertiary/aromatic N) is 1. The summed E-state index contributed by atoms with van der Waals surface area (Å²) in [6.45, 7) is 1.60. The number of benzene rings is 2. The zero-order chi connectivity index (χ0) is 18.5. The number of halogens is 1. The molecule has 0 fully saturated rings. The highest BCUT2D eigenvalue weighted by Crippen LogP contribution is 2.22. The maximum absolute atomic E-state index is 11.8. The average Bonchev–Trinajstić information content (AvgIpc) is 2.59. The Morgan fingerprint density at radius 2 is 2.12 bits per heavy atom. The van der Waals surface area contributed by atoms with Gasteiger partial charge in [0.05, 0.1) is 6.21 Å². The summed E-state index contributed by atoms with van der Waals surface area (Å²) >= 11 is 5.87. The molecule has 0 aliphatic heterocycles. The smallest absolute Gasteiger partial charge is 0.336 e. The van der Waals surface area contributed by atoms with Crippen molar-refractivity contribution in [3.8, 4) is 5.75 Å². The number of hydrogen-bond donors (Lipinski definition) is 1. The molecule has 1 heterocycles. The molecule has 3 aromatic rings. The van der Waals surface area contributed by atoms with Crippen molar-refractivity contribution in [2.75, 3.05) is 6.61 Å². The lowest BCUT2D eigenvalue weighted by Gasteiger charge is -2.06. The van der Waals surface area contributed by atoms with E-state index in [9.17, 15) is 9.59 Å². The van der Waals surface area contributed by atoms with Crippen molar-refractivity contribution in [1.82, 2.24) is 5.43 Å². The predicted octanol–water partition coefficient (Wildman–Crippen LogP) is 3.28.